The molecule has 160 valence electrons. The Kier molecular flexibility index (Phi) is 5.30. The summed E-state index contributed by atoms with van der Waals surface area (Å²) in [4.78, 5) is 30.5. The van der Waals surface area contributed by atoms with Crippen LogP contribution in [0.2, 0.25) is 0 Å². The van der Waals surface area contributed by atoms with E-state index in [1.807, 2.05) is 12.1 Å². The van der Waals surface area contributed by atoms with E-state index in [9.17, 15) is 9.59 Å². The van der Waals surface area contributed by atoms with Crippen LogP contribution in [0.5, 0.6) is 11.5 Å². The van der Waals surface area contributed by atoms with E-state index >= 15 is 0 Å². The lowest BCUT2D eigenvalue weighted by Crippen LogP contribution is -2.22. The van der Waals surface area contributed by atoms with E-state index in [2.05, 4.69) is 21.7 Å². The normalized spacial score (nSPS) is 11.8. The molecule has 0 unspecified atom stereocenters. The highest BCUT2D eigenvalue weighted by Crippen LogP contribution is 2.36. The number of amides is 2. The molecule has 3 aromatic carbocycles. The summed E-state index contributed by atoms with van der Waals surface area (Å²) < 4.78 is 5.86. The Balaban J connectivity index is 1.28. The quantitative estimate of drug-likeness (QED) is 0.455. The first-order valence-electron chi connectivity index (χ1n) is 10.1. The molecule has 0 aliphatic carbocycles. The number of ether oxygens (including phenoxy) is 1. The van der Waals surface area contributed by atoms with Crippen LogP contribution in [0.1, 0.15) is 31.2 Å². The van der Waals surface area contributed by atoms with Gasteiger partial charge in [0, 0.05) is 22.2 Å². The molecule has 1 aliphatic heterocycles. The maximum Gasteiger partial charge on any atom is 0.259 e. The molecule has 8 heteroatoms. The van der Waals surface area contributed by atoms with Gasteiger partial charge in [0.2, 0.25) is 0 Å². The number of carbonyl (C=O) groups is 2. The molecule has 0 saturated carbocycles. The van der Waals surface area contributed by atoms with Crippen LogP contribution in [0.4, 0.5) is 5.69 Å². The molecule has 1 aromatic heterocycles. The Hall–Kier alpha value is -4.48. The molecule has 7 nitrogen and oxygen atoms in total. The maximum atomic E-state index is 12.7. The molecule has 2 heterocycles. The molecule has 2 amide bonds. The van der Waals surface area contributed by atoms with Gasteiger partial charge in [0.25, 0.3) is 11.8 Å². The number of para-hydroxylation sites is 1. The number of hydrogen-bond acceptors (Lipinski definition) is 6. The highest BCUT2D eigenvalue weighted by Gasteiger charge is 2.21. The van der Waals surface area contributed by atoms with Gasteiger partial charge >= 0.3 is 0 Å². The van der Waals surface area contributed by atoms with Crippen molar-refractivity contribution in [3.63, 3.8) is 0 Å². The predicted molar refractivity (Wildman–Crippen MR) is 124 cm³/mol. The van der Waals surface area contributed by atoms with Gasteiger partial charge in [-0.2, -0.15) is 5.26 Å². The average molecular weight is 452 g/mol. The summed E-state index contributed by atoms with van der Waals surface area (Å²) in [6, 6.07) is 21.2. The minimum Gasteiger partial charge on any atom is -0.454 e. The molecule has 0 radical (unpaired) electrons. The molecule has 0 spiro atoms. The lowest BCUT2D eigenvalue weighted by molar-refractivity contribution is 0.0950. The van der Waals surface area contributed by atoms with Crippen LogP contribution in [0.25, 0.3) is 10.6 Å². The van der Waals surface area contributed by atoms with Gasteiger partial charge in [-0.05, 0) is 42.5 Å². The third-order valence-electron chi connectivity index (χ3n) is 5.08. The number of aromatic nitrogens is 1. The SMILES string of the molecule is N#Cc1ccc(-c2ncc(CNC(=O)c3ccc4c(c3)NC(=O)c3ccccc3O4)s2)cc1. The van der Waals surface area contributed by atoms with Crippen LogP contribution in [0, 0.1) is 11.3 Å². The van der Waals surface area contributed by atoms with Crippen molar-refractivity contribution in [1.82, 2.24) is 10.3 Å². The summed E-state index contributed by atoms with van der Waals surface area (Å²) >= 11 is 1.47. The highest BCUT2D eigenvalue weighted by molar-refractivity contribution is 7.15. The van der Waals surface area contributed by atoms with Gasteiger partial charge in [-0.15, -0.1) is 11.3 Å². The van der Waals surface area contributed by atoms with E-state index in [1.165, 1.54) is 11.3 Å². The largest absolute Gasteiger partial charge is 0.454 e. The van der Waals surface area contributed by atoms with Crippen molar-refractivity contribution in [2.45, 2.75) is 6.54 Å². The van der Waals surface area contributed by atoms with Crippen molar-refractivity contribution in [2.75, 3.05) is 5.32 Å². The van der Waals surface area contributed by atoms with Crippen LogP contribution in [-0.2, 0) is 6.54 Å². The number of nitrogens with one attached hydrogen (secondary N) is 2. The summed E-state index contributed by atoms with van der Waals surface area (Å²) in [5.41, 5.74) is 2.78. The monoisotopic (exact) mass is 452 g/mol. The highest BCUT2D eigenvalue weighted by atomic mass is 32.1. The van der Waals surface area contributed by atoms with Crippen molar-refractivity contribution in [3.8, 4) is 28.1 Å². The van der Waals surface area contributed by atoms with Gasteiger partial charge < -0.3 is 15.4 Å². The number of thiazole rings is 1. The first kappa shape index (κ1) is 20.4. The van der Waals surface area contributed by atoms with Crippen LogP contribution in [0.15, 0.2) is 72.9 Å². The number of hydrogen-bond donors (Lipinski definition) is 2. The van der Waals surface area contributed by atoms with E-state index in [4.69, 9.17) is 10.00 Å². The zero-order valence-corrected chi connectivity index (χ0v) is 18.0. The Morgan fingerprint density at radius 2 is 1.91 bits per heavy atom. The minimum atomic E-state index is -0.290. The van der Waals surface area contributed by atoms with Gasteiger partial charge in [-0.1, -0.05) is 24.3 Å². The average Bonchev–Trinajstić information content (AvgIpc) is 3.27. The second kappa shape index (κ2) is 8.57. The smallest absolute Gasteiger partial charge is 0.259 e. The molecule has 0 fully saturated rings. The number of nitrogens with zero attached hydrogens (tertiary/aromatic N) is 2. The molecular formula is C25H16N4O3S. The van der Waals surface area contributed by atoms with E-state index < -0.39 is 0 Å². The van der Waals surface area contributed by atoms with Crippen molar-refractivity contribution >= 4 is 28.8 Å². The Morgan fingerprint density at radius 3 is 2.73 bits per heavy atom. The summed E-state index contributed by atoms with van der Waals surface area (Å²) in [5.74, 6) is 0.373. The number of fused-ring (bicyclic) bond motifs is 2. The van der Waals surface area contributed by atoms with Crippen molar-refractivity contribution in [2.24, 2.45) is 0 Å². The third kappa shape index (κ3) is 4.18. The first-order chi connectivity index (χ1) is 16.1. The second-order valence-electron chi connectivity index (χ2n) is 7.27. The van der Waals surface area contributed by atoms with Crippen LogP contribution in [-0.4, -0.2) is 16.8 Å². The van der Waals surface area contributed by atoms with E-state index in [0.29, 0.717) is 40.4 Å². The number of nitriles is 1. The lowest BCUT2D eigenvalue weighted by Gasteiger charge is -2.10. The van der Waals surface area contributed by atoms with E-state index in [-0.39, 0.29) is 11.8 Å². The number of anilines is 1. The summed E-state index contributed by atoms with van der Waals surface area (Å²) in [6.45, 7) is 0.318. The van der Waals surface area contributed by atoms with Gasteiger partial charge in [0.1, 0.15) is 10.8 Å². The topological polar surface area (TPSA) is 104 Å². The zero-order valence-electron chi connectivity index (χ0n) is 17.2. The van der Waals surface area contributed by atoms with E-state index in [1.54, 1.807) is 60.8 Å². The number of carbonyl (C=O) groups excluding carboxylic acids is 2. The Bertz CT molecular complexity index is 1420. The number of benzene rings is 3. The summed E-state index contributed by atoms with van der Waals surface area (Å²) in [6.07, 6.45) is 1.72. The van der Waals surface area contributed by atoms with Gasteiger partial charge in [-0.3, -0.25) is 9.59 Å². The van der Waals surface area contributed by atoms with Crippen molar-refractivity contribution in [3.05, 3.63) is 94.5 Å². The fourth-order valence-electron chi connectivity index (χ4n) is 3.39. The standard InChI is InChI=1S/C25H16N4O3S/c26-12-15-5-7-16(8-6-15)25-28-14-18(33-25)13-27-23(30)17-9-10-22-20(11-17)29-24(31)19-3-1-2-4-21(19)32-22/h1-11,14H,13H2,(H,27,30)(H,29,31). The molecule has 0 atom stereocenters. The minimum absolute atomic E-state index is 0.276. The second-order valence-corrected chi connectivity index (χ2v) is 8.38. The van der Waals surface area contributed by atoms with Crippen molar-refractivity contribution < 1.29 is 14.3 Å². The van der Waals surface area contributed by atoms with Crippen molar-refractivity contribution in [1.29, 1.82) is 5.26 Å². The molecule has 5 rings (SSSR count). The number of rotatable bonds is 4. The Morgan fingerprint density at radius 1 is 1.09 bits per heavy atom. The van der Waals surface area contributed by atoms with E-state index in [0.717, 1.165) is 15.4 Å². The molecule has 0 saturated heterocycles. The zero-order chi connectivity index (χ0) is 22.8. The van der Waals surface area contributed by atoms with Crippen LogP contribution < -0.4 is 15.4 Å². The molecule has 4 aromatic rings. The molecule has 1 aliphatic rings. The van der Waals surface area contributed by atoms with Gasteiger partial charge in [0.15, 0.2) is 5.75 Å². The molecule has 33 heavy (non-hydrogen) atoms. The first-order valence-corrected chi connectivity index (χ1v) is 10.9. The molecular weight excluding hydrogens is 436 g/mol. The third-order valence-corrected chi connectivity index (χ3v) is 6.13. The fraction of sp³-hybridized carbons (Fsp3) is 0.0400. The van der Waals surface area contributed by atoms with Gasteiger partial charge in [0.05, 0.1) is 29.4 Å². The Labute approximate surface area is 193 Å². The maximum absolute atomic E-state index is 12.7. The van der Waals surface area contributed by atoms with Gasteiger partial charge in [-0.25, -0.2) is 4.98 Å². The molecule has 0 bridgehead atoms. The predicted octanol–water partition coefficient (Wildman–Crippen LogP) is 4.97. The lowest BCUT2D eigenvalue weighted by atomic mass is 10.1. The summed E-state index contributed by atoms with van der Waals surface area (Å²) in [5, 5.41) is 15.4. The fourth-order valence-corrected chi connectivity index (χ4v) is 4.25. The van der Waals surface area contributed by atoms with Crippen LogP contribution in [0.3, 0.4) is 0 Å². The van der Waals surface area contributed by atoms with Crippen LogP contribution >= 0.6 is 11.3 Å². The summed E-state index contributed by atoms with van der Waals surface area (Å²) in [7, 11) is 0. The molecule has 2 N–H and O–H groups in total.